The van der Waals surface area contributed by atoms with Crippen molar-refractivity contribution in [3.05, 3.63) is 0 Å². The molecule has 0 spiro atoms. The molecule has 0 heteroatoms. The highest BCUT2D eigenvalue weighted by Gasteiger charge is 2.28. The van der Waals surface area contributed by atoms with Crippen LogP contribution in [0.1, 0.15) is 248 Å². The molecule has 0 aromatic rings. The molecule has 5 saturated carbocycles. The van der Waals surface area contributed by atoms with E-state index in [2.05, 4.69) is 27.7 Å². The zero-order valence-corrected chi connectivity index (χ0v) is 32.7. The summed E-state index contributed by atoms with van der Waals surface area (Å²) >= 11 is 0. The number of hydrogen-bond donors (Lipinski definition) is 0. The smallest absolute Gasteiger partial charge is 0.0360 e. The van der Waals surface area contributed by atoms with E-state index in [9.17, 15) is 0 Å². The Bertz CT molecular complexity index is 482. The van der Waals surface area contributed by atoms with Gasteiger partial charge in [-0.2, -0.15) is 0 Å². The molecule has 0 radical (unpaired) electrons. The van der Waals surface area contributed by atoms with Gasteiger partial charge in [-0.1, -0.05) is 242 Å². The molecule has 0 nitrogen and oxygen atoms in total. The maximum Gasteiger partial charge on any atom is -0.0360 e. The molecule has 0 amide bonds. The molecule has 5 rings (SSSR count). The Balaban J connectivity index is 0.000000599. The third-order valence-electron chi connectivity index (χ3n) is 11.6. The molecule has 266 valence electrons. The van der Waals surface area contributed by atoms with Crippen LogP contribution in [0.2, 0.25) is 0 Å². The van der Waals surface area contributed by atoms with Gasteiger partial charge < -0.3 is 0 Å². The zero-order chi connectivity index (χ0) is 32.7. The van der Waals surface area contributed by atoms with Crippen LogP contribution in [-0.4, -0.2) is 0 Å². The monoisotopic (exact) mass is 619 g/mol. The van der Waals surface area contributed by atoms with Crippen molar-refractivity contribution in [3.8, 4) is 0 Å². The molecule has 0 aromatic carbocycles. The van der Waals surface area contributed by atoms with Crippen LogP contribution in [-0.2, 0) is 0 Å². The van der Waals surface area contributed by atoms with Crippen molar-refractivity contribution in [3.63, 3.8) is 0 Å². The highest BCUT2D eigenvalue weighted by atomic mass is 14.3. The summed E-state index contributed by atoms with van der Waals surface area (Å²) in [6.07, 6.45) is 45.0. The summed E-state index contributed by atoms with van der Waals surface area (Å²) < 4.78 is 0. The Morgan fingerprint density at radius 1 is 0.250 bits per heavy atom. The zero-order valence-electron chi connectivity index (χ0n) is 32.7. The minimum Gasteiger partial charge on any atom is -0.0683 e. The largest absolute Gasteiger partial charge is 0.0683 e. The van der Waals surface area contributed by atoms with Gasteiger partial charge in [0, 0.05) is 0 Å². The molecule has 0 saturated heterocycles. The summed E-state index contributed by atoms with van der Waals surface area (Å²) in [5, 5.41) is 0. The van der Waals surface area contributed by atoms with Gasteiger partial charge in [0.2, 0.25) is 0 Å². The minimum absolute atomic E-state index is 1.00. The second-order valence-electron chi connectivity index (χ2n) is 15.7. The standard InChI is InChI=1S/C18H34.2C9H18.C4H8.2C2H6/c1-15-9-7-12-17(13-8-10-15)18-14-6-4-3-5-11-16(18)2;2*1-9-7-5-3-2-4-6-8-9;1-2-4-3-1;2*1-2/h15-18H,3-14H2,1-2H3;2*9H,2-8H2,1H3;1-4H2;2*1-2H3/t15?,16-,17?,18?;;;;;/m1...../s1. The van der Waals surface area contributed by atoms with Gasteiger partial charge in [-0.3, -0.25) is 0 Å². The second kappa shape index (κ2) is 32.9. The summed E-state index contributed by atoms with van der Waals surface area (Å²) in [5.74, 6) is 6.19. The van der Waals surface area contributed by atoms with Gasteiger partial charge >= 0.3 is 0 Å². The topological polar surface area (TPSA) is 0 Å². The van der Waals surface area contributed by atoms with Crippen LogP contribution in [0.25, 0.3) is 0 Å². The fraction of sp³-hybridized carbons (Fsp3) is 1.00. The molecular formula is C44H90. The van der Waals surface area contributed by atoms with E-state index in [1.54, 1.807) is 19.3 Å². The van der Waals surface area contributed by atoms with Crippen LogP contribution in [0.4, 0.5) is 0 Å². The average Bonchev–Trinajstić information content (AvgIpc) is 2.95. The van der Waals surface area contributed by atoms with Crippen molar-refractivity contribution in [1.29, 1.82) is 0 Å². The Kier molecular flexibility index (Phi) is 32.9. The molecule has 44 heavy (non-hydrogen) atoms. The van der Waals surface area contributed by atoms with E-state index >= 15 is 0 Å². The summed E-state index contributed by atoms with van der Waals surface area (Å²) in [4.78, 5) is 0. The lowest BCUT2D eigenvalue weighted by molar-refractivity contribution is 0.158. The maximum atomic E-state index is 2.55. The average molecular weight is 619 g/mol. The predicted octanol–water partition coefficient (Wildman–Crippen LogP) is 16.5. The second-order valence-corrected chi connectivity index (χ2v) is 15.7. The van der Waals surface area contributed by atoms with Gasteiger partial charge in [-0.15, -0.1) is 0 Å². The van der Waals surface area contributed by atoms with Gasteiger partial charge in [0.1, 0.15) is 0 Å². The van der Waals surface area contributed by atoms with E-state index in [0.717, 1.165) is 35.5 Å². The molecule has 5 aliphatic carbocycles. The third kappa shape index (κ3) is 25.1. The maximum absolute atomic E-state index is 2.55. The fourth-order valence-electron chi connectivity index (χ4n) is 8.14. The molecule has 5 fully saturated rings. The van der Waals surface area contributed by atoms with Crippen LogP contribution in [0, 0.1) is 35.5 Å². The molecule has 2 atom stereocenters. The van der Waals surface area contributed by atoms with Crippen LogP contribution in [0.5, 0.6) is 0 Å². The molecule has 0 heterocycles. The van der Waals surface area contributed by atoms with Crippen molar-refractivity contribution in [1.82, 2.24) is 0 Å². The van der Waals surface area contributed by atoms with E-state index in [1.165, 1.54) is 173 Å². The van der Waals surface area contributed by atoms with E-state index in [1.807, 2.05) is 27.7 Å². The lowest BCUT2D eigenvalue weighted by atomic mass is 9.71. The van der Waals surface area contributed by atoms with Crippen LogP contribution in [0.15, 0.2) is 0 Å². The summed E-state index contributed by atoms with van der Waals surface area (Å²) in [6, 6.07) is 0. The Hall–Kier alpha value is 0. The first-order chi connectivity index (χ1) is 21.6. The predicted molar refractivity (Wildman–Crippen MR) is 205 cm³/mol. The van der Waals surface area contributed by atoms with E-state index in [4.69, 9.17) is 0 Å². The molecule has 0 N–H and O–H groups in total. The van der Waals surface area contributed by atoms with E-state index in [0.29, 0.717) is 0 Å². The van der Waals surface area contributed by atoms with Gasteiger partial charge in [0.15, 0.2) is 0 Å². The van der Waals surface area contributed by atoms with Crippen molar-refractivity contribution in [2.75, 3.05) is 0 Å². The van der Waals surface area contributed by atoms with E-state index in [-0.39, 0.29) is 0 Å². The third-order valence-corrected chi connectivity index (χ3v) is 11.6. The normalized spacial score (nSPS) is 29.2. The highest BCUT2D eigenvalue weighted by Crippen LogP contribution is 2.39. The van der Waals surface area contributed by atoms with Crippen molar-refractivity contribution in [2.24, 2.45) is 35.5 Å². The summed E-state index contributed by atoms with van der Waals surface area (Å²) in [7, 11) is 0. The quantitative estimate of drug-likeness (QED) is 0.274. The molecule has 0 bridgehead atoms. The first-order valence-corrected chi connectivity index (χ1v) is 21.6. The summed E-state index contributed by atoms with van der Waals surface area (Å²) in [6.45, 7) is 17.8. The Morgan fingerprint density at radius 3 is 0.841 bits per heavy atom. The Morgan fingerprint density at radius 2 is 0.500 bits per heavy atom. The summed E-state index contributed by atoms with van der Waals surface area (Å²) in [5.41, 5.74) is 0. The van der Waals surface area contributed by atoms with Crippen LogP contribution < -0.4 is 0 Å². The lowest BCUT2D eigenvalue weighted by Gasteiger charge is -2.35. The van der Waals surface area contributed by atoms with Gasteiger partial charge in [-0.05, 0) is 41.9 Å². The number of hydrogen-bond acceptors (Lipinski definition) is 0. The number of rotatable bonds is 1. The molecule has 0 aromatic heterocycles. The highest BCUT2D eigenvalue weighted by molar-refractivity contribution is 4.79. The SMILES string of the molecule is C1CCC1.CC.CC.CC1CCCC(C2CCCCCC[C@H]2C)CCC1.CC1CCCCCCC1.CC1CCCCCCC1. The molecule has 1 unspecified atom stereocenters. The first kappa shape index (κ1) is 44.0. The minimum atomic E-state index is 1.00. The molecular weight excluding hydrogens is 528 g/mol. The van der Waals surface area contributed by atoms with E-state index < -0.39 is 0 Å². The fourth-order valence-corrected chi connectivity index (χ4v) is 8.14. The Labute approximate surface area is 282 Å². The lowest BCUT2D eigenvalue weighted by Crippen LogP contribution is -2.24. The van der Waals surface area contributed by atoms with Crippen LogP contribution >= 0.6 is 0 Å². The van der Waals surface area contributed by atoms with Crippen molar-refractivity contribution >= 4 is 0 Å². The van der Waals surface area contributed by atoms with Crippen molar-refractivity contribution < 1.29 is 0 Å². The van der Waals surface area contributed by atoms with Crippen molar-refractivity contribution in [2.45, 2.75) is 248 Å². The van der Waals surface area contributed by atoms with Gasteiger partial charge in [0.05, 0.1) is 0 Å². The first-order valence-electron chi connectivity index (χ1n) is 21.6. The van der Waals surface area contributed by atoms with Gasteiger partial charge in [0.25, 0.3) is 0 Å². The van der Waals surface area contributed by atoms with Crippen LogP contribution in [0.3, 0.4) is 0 Å². The molecule has 0 aliphatic heterocycles. The molecule has 5 aliphatic rings. The van der Waals surface area contributed by atoms with Gasteiger partial charge in [-0.25, -0.2) is 0 Å².